The zero-order valence-electron chi connectivity index (χ0n) is 34.5. The van der Waals surface area contributed by atoms with E-state index in [1.807, 2.05) is 34.6 Å². The smallest absolute Gasteiger partial charge is 0.419 e. The molecule has 0 aliphatic rings. The van der Waals surface area contributed by atoms with Gasteiger partial charge in [0.05, 0.1) is 65.7 Å². The summed E-state index contributed by atoms with van der Waals surface area (Å²) in [6, 6.07) is 0. The molecule has 0 saturated carbocycles. The van der Waals surface area contributed by atoms with E-state index in [9.17, 15) is 22.8 Å². The van der Waals surface area contributed by atoms with Gasteiger partial charge in [-0.05, 0) is 81.6 Å². The van der Waals surface area contributed by atoms with Gasteiger partial charge in [0.1, 0.15) is 16.8 Å². The molecule has 16 nitrogen and oxygen atoms in total. The monoisotopic (exact) mass is 857 g/mol. The molecule has 0 bridgehead atoms. The SMILES string of the molecule is CC(C)(C)OC(=O)CCCOCCBr.CCCOCCN(C(=O)OC(C)(C)C)C(=O)OC(C)(C)C.CCCOCCOS(C)(=O)=O.OCCOCCO. The number of ether oxygens (including phenoxy) is 7. The van der Waals surface area contributed by atoms with E-state index in [-0.39, 0.29) is 44.5 Å². The van der Waals surface area contributed by atoms with Crippen LogP contribution < -0.4 is 0 Å². The second-order valence-electron chi connectivity index (χ2n) is 13.9. The molecule has 0 unspecified atom stereocenters. The highest BCUT2D eigenvalue weighted by molar-refractivity contribution is 9.09. The number of hydrogen-bond acceptors (Lipinski definition) is 15. The number of rotatable bonds is 21. The second kappa shape index (κ2) is 34.8. The average molecular weight is 859 g/mol. The van der Waals surface area contributed by atoms with Crippen LogP contribution in [0.4, 0.5) is 9.59 Å². The third kappa shape index (κ3) is 54.8. The van der Waals surface area contributed by atoms with Gasteiger partial charge in [0, 0.05) is 31.6 Å². The molecule has 320 valence electrons. The van der Waals surface area contributed by atoms with Gasteiger partial charge in [-0.1, -0.05) is 29.8 Å². The minimum atomic E-state index is -3.29. The van der Waals surface area contributed by atoms with Crippen molar-refractivity contribution in [1.29, 1.82) is 0 Å². The maximum atomic E-state index is 12.1. The number of amides is 2. The molecule has 0 aromatic carbocycles. The number of aliphatic hydroxyl groups excluding tert-OH is 2. The zero-order chi connectivity index (χ0) is 42.0. The molecule has 0 aromatic rings. The summed E-state index contributed by atoms with van der Waals surface area (Å²) in [7, 11) is -3.29. The maximum Gasteiger partial charge on any atom is 0.419 e. The van der Waals surface area contributed by atoms with Crippen molar-refractivity contribution >= 4 is 44.2 Å². The lowest BCUT2D eigenvalue weighted by Gasteiger charge is -2.28. The first-order valence-corrected chi connectivity index (χ1v) is 20.7. The van der Waals surface area contributed by atoms with Crippen LogP contribution in [0.2, 0.25) is 0 Å². The summed E-state index contributed by atoms with van der Waals surface area (Å²) in [5.41, 5.74) is -1.74. The highest BCUT2D eigenvalue weighted by atomic mass is 79.9. The van der Waals surface area contributed by atoms with Crippen molar-refractivity contribution in [3.63, 3.8) is 0 Å². The van der Waals surface area contributed by atoms with Gasteiger partial charge in [-0.2, -0.15) is 8.42 Å². The van der Waals surface area contributed by atoms with Crippen LogP contribution in [-0.2, 0) is 52.3 Å². The lowest BCUT2D eigenvalue weighted by molar-refractivity contribution is -0.155. The molecule has 0 rings (SSSR count). The number of esters is 1. The predicted molar refractivity (Wildman–Crippen MR) is 207 cm³/mol. The Morgan fingerprint density at radius 3 is 1.40 bits per heavy atom. The molecular weight excluding hydrogens is 786 g/mol. The molecule has 53 heavy (non-hydrogen) atoms. The summed E-state index contributed by atoms with van der Waals surface area (Å²) in [6.45, 7) is 24.0. The molecule has 18 heteroatoms. The molecule has 0 aliphatic carbocycles. The molecule has 0 radical (unpaired) electrons. The molecule has 2 N–H and O–H groups in total. The van der Waals surface area contributed by atoms with Gasteiger partial charge < -0.3 is 43.4 Å². The van der Waals surface area contributed by atoms with Crippen molar-refractivity contribution in [1.82, 2.24) is 4.90 Å². The van der Waals surface area contributed by atoms with E-state index in [1.54, 1.807) is 41.5 Å². The number of carbonyl (C=O) groups excluding carboxylic acids is 3. The standard InChI is InChI=1S/C15H29NO5.C10H19BrO3.C6H14O4S.C4H10O3/c1-8-10-19-11-9-16(12(17)20-14(2,3)4)13(18)21-15(5,6)7;1-10(2,3)14-9(12)5-4-7-13-8-6-11;1-3-4-9-5-6-10-11(2,7)8;5-1-3-7-4-2-6/h8-11H2,1-7H3;4-8H2,1-3H3;3-6H2,1-2H3;5-6H,1-4H2. The maximum absolute atomic E-state index is 12.1. The molecule has 0 saturated heterocycles. The minimum Gasteiger partial charge on any atom is -0.460 e. The van der Waals surface area contributed by atoms with Gasteiger partial charge in [-0.25, -0.2) is 14.5 Å². The van der Waals surface area contributed by atoms with Crippen molar-refractivity contribution in [3.05, 3.63) is 0 Å². The second-order valence-corrected chi connectivity index (χ2v) is 16.4. The fourth-order valence-electron chi connectivity index (χ4n) is 2.88. The molecule has 2 amide bonds. The van der Waals surface area contributed by atoms with Gasteiger partial charge in [-0.15, -0.1) is 0 Å². The Morgan fingerprint density at radius 2 is 1.02 bits per heavy atom. The van der Waals surface area contributed by atoms with Gasteiger partial charge in [0.15, 0.2) is 0 Å². The quantitative estimate of drug-likeness (QED) is 0.0483. The van der Waals surface area contributed by atoms with Crippen molar-refractivity contribution in [3.8, 4) is 0 Å². The highest BCUT2D eigenvalue weighted by Gasteiger charge is 2.30. The summed E-state index contributed by atoms with van der Waals surface area (Å²) in [6.07, 6.45) is 2.53. The largest absolute Gasteiger partial charge is 0.460 e. The number of carbonyl (C=O) groups is 3. The summed E-state index contributed by atoms with van der Waals surface area (Å²) >= 11 is 3.25. The topological polar surface area (TPSA) is 203 Å². The van der Waals surface area contributed by atoms with Crippen molar-refractivity contribution < 1.29 is 70.4 Å². The number of alkyl halides is 1. The molecule has 0 spiro atoms. The van der Waals surface area contributed by atoms with Crippen LogP contribution in [0.5, 0.6) is 0 Å². The summed E-state index contributed by atoms with van der Waals surface area (Å²) < 4.78 is 60.9. The fourth-order valence-corrected chi connectivity index (χ4v) is 3.48. The third-order valence-electron chi connectivity index (χ3n) is 4.69. The van der Waals surface area contributed by atoms with E-state index in [1.165, 1.54) is 0 Å². The van der Waals surface area contributed by atoms with Gasteiger partial charge in [0.2, 0.25) is 0 Å². The third-order valence-corrected chi connectivity index (χ3v) is 5.61. The predicted octanol–water partition coefficient (Wildman–Crippen LogP) is 5.48. The van der Waals surface area contributed by atoms with E-state index in [0.29, 0.717) is 52.7 Å². The number of aliphatic hydroxyl groups is 2. The molecule has 0 aliphatic heterocycles. The number of imide groups is 1. The zero-order valence-corrected chi connectivity index (χ0v) is 36.9. The number of halogens is 1. The first-order valence-electron chi connectivity index (χ1n) is 17.8. The Hall–Kier alpha value is -1.64. The van der Waals surface area contributed by atoms with Crippen LogP contribution in [0.3, 0.4) is 0 Å². The summed E-state index contributed by atoms with van der Waals surface area (Å²) in [4.78, 5) is 36.3. The van der Waals surface area contributed by atoms with E-state index in [0.717, 1.165) is 35.7 Å². The Balaban J connectivity index is -0.000000325. The average Bonchev–Trinajstić information content (AvgIpc) is 2.99. The van der Waals surface area contributed by atoms with E-state index in [2.05, 4.69) is 24.8 Å². The van der Waals surface area contributed by atoms with Crippen molar-refractivity contribution in [2.45, 2.75) is 119 Å². The lowest BCUT2D eigenvalue weighted by atomic mass is 10.2. The van der Waals surface area contributed by atoms with Gasteiger partial charge in [-0.3, -0.25) is 8.98 Å². The van der Waals surface area contributed by atoms with Gasteiger partial charge in [0.25, 0.3) is 10.1 Å². The van der Waals surface area contributed by atoms with Crippen LogP contribution in [0.15, 0.2) is 0 Å². The lowest BCUT2D eigenvalue weighted by Crippen LogP contribution is -2.45. The molecule has 0 aromatic heterocycles. The molecule has 0 heterocycles. The molecular formula is C35H72BrNO15S. The van der Waals surface area contributed by atoms with Gasteiger partial charge >= 0.3 is 18.2 Å². The highest BCUT2D eigenvalue weighted by Crippen LogP contribution is 2.14. The Morgan fingerprint density at radius 1 is 0.604 bits per heavy atom. The molecule has 0 fully saturated rings. The number of nitrogens with zero attached hydrogens (tertiary/aromatic N) is 1. The first-order chi connectivity index (χ1) is 24.4. The Bertz CT molecular complexity index is 963. The Kier molecular flexibility index (Phi) is 38.2. The van der Waals surface area contributed by atoms with Crippen LogP contribution in [0.25, 0.3) is 0 Å². The minimum absolute atomic E-state index is 0.0278. The van der Waals surface area contributed by atoms with E-state index in [4.69, 9.17) is 38.6 Å². The van der Waals surface area contributed by atoms with Crippen LogP contribution in [-0.4, -0.2) is 149 Å². The van der Waals surface area contributed by atoms with Crippen LogP contribution in [0, 0.1) is 0 Å². The summed E-state index contributed by atoms with van der Waals surface area (Å²) in [5, 5.41) is 17.0. The normalized spacial score (nSPS) is 11.5. The molecule has 0 atom stereocenters. The Labute approximate surface area is 328 Å². The first kappa shape index (κ1) is 58.1. The summed E-state index contributed by atoms with van der Waals surface area (Å²) in [5.74, 6) is -0.153. The van der Waals surface area contributed by atoms with Crippen LogP contribution in [0.1, 0.15) is 102 Å². The van der Waals surface area contributed by atoms with Crippen LogP contribution >= 0.6 is 15.9 Å². The fraction of sp³-hybridized carbons (Fsp3) is 0.914. The van der Waals surface area contributed by atoms with E-state index >= 15 is 0 Å². The van der Waals surface area contributed by atoms with E-state index < -0.39 is 33.5 Å². The van der Waals surface area contributed by atoms with Crippen molar-refractivity contribution in [2.75, 3.05) is 90.8 Å². The number of hydrogen-bond donors (Lipinski definition) is 2. The van der Waals surface area contributed by atoms with Crippen molar-refractivity contribution in [2.24, 2.45) is 0 Å².